The van der Waals surface area contributed by atoms with E-state index in [1.54, 1.807) is 29.2 Å². The van der Waals surface area contributed by atoms with Crippen LogP contribution in [-0.2, 0) is 17.8 Å². The number of aliphatic hydroxyl groups excluding tert-OH is 1. The van der Waals surface area contributed by atoms with Crippen molar-refractivity contribution in [1.29, 1.82) is 0 Å². The van der Waals surface area contributed by atoms with Crippen LogP contribution in [0.3, 0.4) is 0 Å². The van der Waals surface area contributed by atoms with E-state index in [-0.39, 0.29) is 37.0 Å². The van der Waals surface area contributed by atoms with Crippen molar-refractivity contribution in [2.45, 2.75) is 39.0 Å². The molecule has 42 heavy (non-hydrogen) atoms. The summed E-state index contributed by atoms with van der Waals surface area (Å²) in [5.41, 5.74) is 2.52. The van der Waals surface area contributed by atoms with Gasteiger partial charge in [-0.25, -0.2) is 9.18 Å². The van der Waals surface area contributed by atoms with Crippen molar-refractivity contribution in [2.24, 2.45) is 5.92 Å². The summed E-state index contributed by atoms with van der Waals surface area (Å²) in [6.45, 7) is 5.24. The summed E-state index contributed by atoms with van der Waals surface area (Å²) in [5, 5.41) is 16.3. The first-order valence-electron chi connectivity index (χ1n) is 13.7. The van der Waals surface area contributed by atoms with Crippen molar-refractivity contribution < 1.29 is 23.8 Å². The zero-order chi connectivity index (χ0) is 30.4. The van der Waals surface area contributed by atoms with Gasteiger partial charge in [0.15, 0.2) is 0 Å². The predicted octanol–water partition coefficient (Wildman–Crippen LogP) is 6.06. The third-order valence-corrected chi connectivity index (χ3v) is 7.94. The Hall–Kier alpha value is -3.37. The third kappa shape index (κ3) is 8.35. The SMILES string of the molecule is C[C@H](CO)N1C[C@H](C)[C@@H](CN(C)Cc2ccc(Cl)c(Cl)c2)Oc2ccc(NC(=O)Nc3ccc(F)cc3)cc2CC1=O. The maximum atomic E-state index is 13.5. The molecular weight excluding hydrogens is 582 g/mol. The van der Waals surface area contributed by atoms with Crippen molar-refractivity contribution in [3.8, 4) is 5.75 Å². The van der Waals surface area contributed by atoms with E-state index >= 15 is 0 Å². The number of halogens is 3. The summed E-state index contributed by atoms with van der Waals surface area (Å²) < 4.78 is 19.8. The van der Waals surface area contributed by atoms with Gasteiger partial charge in [-0.05, 0) is 74.1 Å². The van der Waals surface area contributed by atoms with Crippen molar-refractivity contribution in [3.05, 3.63) is 87.7 Å². The highest BCUT2D eigenvalue weighted by atomic mass is 35.5. The van der Waals surface area contributed by atoms with E-state index in [2.05, 4.69) is 15.5 Å². The second-order valence-corrected chi connectivity index (χ2v) is 11.6. The lowest BCUT2D eigenvalue weighted by atomic mass is 10.0. The average Bonchev–Trinajstić information content (AvgIpc) is 2.99. The van der Waals surface area contributed by atoms with E-state index in [1.807, 2.05) is 33.0 Å². The van der Waals surface area contributed by atoms with Crippen molar-refractivity contribution in [2.75, 3.05) is 37.4 Å². The van der Waals surface area contributed by atoms with Gasteiger partial charge in [-0.3, -0.25) is 9.69 Å². The number of nitrogens with zero attached hydrogens (tertiary/aromatic N) is 2. The number of carbonyl (C=O) groups is 2. The highest BCUT2D eigenvalue weighted by Gasteiger charge is 2.31. The van der Waals surface area contributed by atoms with E-state index in [9.17, 15) is 19.1 Å². The molecule has 3 N–H and O–H groups in total. The molecule has 0 spiro atoms. The second-order valence-electron chi connectivity index (χ2n) is 10.7. The maximum absolute atomic E-state index is 13.5. The first-order valence-corrected chi connectivity index (χ1v) is 14.4. The summed E-state index contributed by atoms with van der Waals surface area (Å²) in [6, 6.07) is 15.3. The summed E-state index contributed by atoms with van der Waals surface area (Å²) in [4.78, 5) is 29.9. The molecule has 3 aromatic carbocycles. The fraction of sp³-hybridized carbons (Fsp3) is 0.355. The minimum absolute atomic E-state index is 0.0350. The topological polar surface area (TPSA) is 94.1 Å². The van der Waals surface area contributed by atoms with Gasteiger partial charge < -0.3 is 25.4 Å². The molecule has 4 rings (SSSR count). The summed E-state index contributed by atoms with van der Waals surface area (Å²) in [5.74, 6) is -0.0671. The smallest absolute Gasteiger partial charge is 0.323 e. The molecule has 224 valence electrons. The van der Waals surface area contributed by atoms with Crippen LogP contribution >= 0.6 is 23.2 Å². The number of nitrogens with one attached hydrogen (secondary N) is 2. The number of fused-ring (bicyclic) bond motifs is 1. The van der Waals surface area contributed by atoms with Gasteiger partial charge in [0.05, 0.1) is 29.1 Å². The molecule has 1 heterocycles. The molecule has 0 aliphatic carbocycles. The van der Waals surface area contributed by atoms with Crippen LogP contribution in [0.15, 0.2) is 60.7 Å². The molecule has 3 aromatic rings. The zero-order valence-corrected chi connectivity index (χ0v) is 25.3. The number of ether oxygens (including phenoxy) is 1. The Morgan fingerprint density at radius 2 is 1.79 bits per heavy atom. The number of urea groups is 1. The van der Waals surface area contributed by atoms with Crippen LogP contribution < -0.4 is 15.4 Å². The van der Waals surface area contributed by atoms with Gasteiger partial charge in [0.2, 0.25) is 5.91 Å². The van der Waals surface area contributed by atoms with Crippen LogP contribution in [0.2, 0.25) is 10.0 Å². The normalized spacial score (nSPS) is 17.9. The van der Waals surface area contributed by atoms with E-state index in [4.69, 9.17) is 27.9 Å². The van der Waals surface area contributed by atoms with Gasteiger partial charge in [-0.1, -0.05) is 36.2 Å². The van der Waals surface area contributed by atoms with E-state index in [1.165, 1.54) is 24.3 Å². The van der Waals surface area contributed by atoms with Crippen molar-refractivity contribution in [1.82, 2.24) is 9.80 Å². The molecular formula is C31H35Cl2FN4O4. The first kappa shape index (κ1) is 31.6. The Labute approximate surface area is 255 Å². The van der Waals surface area contributed by atoms with Gasteiger partial charge in [-0.2, -0.15) is 0 Å². The number of amides is 3. The number of carbonyl (C=O) groups excluding carboxylic acids is 2. The molecule has 0 aromatic heterocycles. The fourth-order valence-electron chi connectivity index (χ4n) is 4.87. The van der Waals surface area contributed by atoms with Gasteiger partial charge >= 0.3 is 6.03 Å². The number of rotatable bonds is 8. The molecule has 3 atom stereocenters. The van der Waals surface area contributed by atoms with Crippen LogP contribution in [-0.4, -0.2) is 65.7 Å². The Morgan fingerprint density at radius 1 is 1.10 bits per heavy atom. The highest BCUT2D eigenvalue weighted by molar-refractivity contribution is 6.42. The number of hydrogen-bond donors (Lipinski definition) is 3. The second kappa shape index (κ2) is 14.2. The Kier molecular flexibility index (Phi) is 10.7. The van der Waals surface area contributed by atoms with E-state index < -0.39 is 11.8 Å². The fourth-order valence-corrected chi connectivity index (χ4v) is 5.19. The molecule has 11 heteroatoms. The van der Waals surface area contributed by atoms with Crippen LogP contribution in [0.4, 0.5) is 20.6 Å². The summed E-state index contributed by atoms with van der Waals surface area (Å²) in [6.07, 6.45) is -0.260. The van der Waals surface area contributed by atoms with E-state index in [0.29, 0.717) is 52.4 Å². The minimum Gasteiger partial charge on any atom is -0.488 e. The molecule has 1 aliphatic rings. The molecule has 0 saturated heterocycles. The molecule has 3 amide bonds. The lowest BCUT2D eigenvalue weighted by Crippen LogP contribution is -2.47. The van der Waals surface area contributed by atoms with Gasteiger partial charge in [-0.15, -0.1) is 0 Å². The van der Waals surface area contributed by atoms with Crippen molar-refractivity contribution in [3.63, 3.8) is 0 Å². The molecule has 0 radical (unpaired) electrons. The number of benzene rings is 3. The number of anilines is 2. The van der Waals surface area contributed by atoms with Crippen LogP contribution in [0, 0.1) is 11.7 Å². The minimum atomic E-state index is -0.511. The number of hydrogen-bond acceptors (Lipinski definition) is 5. The average molecular weight is 618 g/mol. The Morgan fingerprint density at radius 3 is 2.48 bits per heavy atom. The number of aliphatic hydroxyl groups is 1. The molecule has 8 nitrogen and oxygen atoms in total. The predicted molar refractivity (Wildman–Crippen MR) is 164 cm³/mol. The lowest BCUT2D eigenvalue weighted by Gasteiger charge is -2.34. The molecule has 0 saturated carbocycles. The Balaban J connectivity index is 1.56. The summed E-state index contributed by atoms with van der Waals surface area (Å²) >= 11 is 12.3. The first-order chi connectivity index (χ1) is 20.0. The molecule has 0 fully saturated rings. The van der Waals surface area contributed by atoms with Gasteiger partial charge in [0.25, 0.3) is 0 Å². The maximum Gasteiger partial charge on any atom is 0.323 e. The lowest BCUT2D eigenvalue weighted by molar-refractivity contribution is -0.134. The molecule has 0 bridgehead atoms. The van der Waals surface area contributed by atoms with Gasteiger partial charge in [0, 0.05) is 42.5 Å². The molecule has 0 unspecified atom stereocenters. The third-order valence-electron chi connectivity index (χ3n) is 7.20. The van der Waals surface area contributed by atoms with Crippen LogP contribution in [0.25, 0.3) is 0 Å². The van der Waals surface area contributed by atoms with Gasteiger partial charge in [0.1, 0.15) is 17.7 Å². The van der Waals surface area contributed by atoms with Crippen LogP contribution in [0.1, 0.15) is 25.0 Å². The standard InChI is InChI=1S/C31H35Cl2FN4O4/c1-19-15-38(20(2)18-39)30(40)14-22-13-25(36-31(41)35-24-7-5-23(34)6-8-24)9-11-28(22)42-29(19)17-37(3)16-21-4-10-26(32)27(33)12-21/h4-13,19-20,29,39H,14-18H2,1-3H3,(H2,35,36,41)/t19-,20+,29+/m0/s1. The summed E-state index contributed by atoms with van der Waals surface area (Å²) in [7, 11) is 1.98. The monoisotopic (exact) mass is 616 g/mol. The molecule has 1 aliphatic heterocycles. The quantitative estimate of drug-likeness (QED) is 0.286. The largest absolute Gasteiger partial charge is 0.488 e. The van der Waals surface area contributed by atoms with E-state index in [0.717, 1.165) is 5.56 Å². The zero-order valence-electron chi connectivity index (χ0n) is 23.7. The van der Waals surface area contributed by atoms with Crippen molar-refractivity contribution >= 4 is 46.5 Å². The van der Waals surface area contributed by atoms with Crippen LogP contribution in [0.5, 0.6) is 5.75 Å². The number of likely N-dealkylation sites (N-methyl/N-ethyl adjacent to an activating group) is 1. The highest BCUT2D eigenvalue weighted by Crippen LogP contribution is 2.30. The Bertz CT molecular complexity index is 1410.